The van der Waals surface area contributed by atoms with Crippen LogP contribution in [0.25, 0.3) is 0 Å². The van der Waals surface area contributed by atoms with E-state index in [4.69, 9.17) is 10.5 Å². The maximum absolute atomic E-state index is 12.9. The third kappa shape index (κ3) is 4.92. The molecule has 2 aromatic rings. The minimum atomic E-state index is -3.66. The van der Waals surface area contributed by atoms with E-state index in [1.165, 1.54) is 12.1 Å². The first-order valence-corrected chi connectivity index (χ1v) is 7.71. The Hall–Kier alpha value is -2.35. The maximum atomic E-state index is 12.9. The summed E-state index contributed by atoms with van der Waals surface area (Å²) in [4.78, 5) is 3.42. The van der Waals surface area contributed by atoms with Crippen molar-refractivity contribution in [2.45, 2.75) is 0 Å². The van der Waals surface area contributed by atoms with Crippen molar-refractivity contribution in [1.82, 2.24) is 4.98 Å². The van der Waals surface area contributed by atoms with Gasteiger partial charge in [0.25, 0.3) is 0 Å². The van der Waals surface area contributed by atoms with Gasteiger partial charge in [0.05, 0.1) is 0 Å². The SMILES string of the molecule is Nc1ccc(OCCS(=O)(=O)Nc2cccc(F)n2)cc1. The highest BCUT2D eigenvalue weighted by Crippen LogP contribution is 2.13. The van der Waals surface area contributed by atoms with E-state index in [2.05, 4.69) is 9.71 Å². The van der Waals surface area contributed by atoms with Gasteiger partial charge >= 0.3 is 0 Å². The van der Waals surface area contributed by atoms with Gasteiger partial charge in [0.1, 0.15) is 23.9 Å². The summed E-state index contributed by atoms with van der Waals surface area (Å²) in [7, 11) is -3.66. The molecule has 3 N–H and O–H groups in total. The fraction of sp³-hybridized carbons (Fsp3) is 0.154. The maximum Gasteiger partial charge on any atom is 0.237 e. The number of nitrogens with one attached hydrogen (secondary N) is 1. The van der Waals surface area contributed by atoms with Crippen LogP contribution < -0.4 is 15.2 Å². The molecule has 1 aromatic heterocycles. The number of hydrogen-bond donors (Lipinski definition) is 2. The molecule has 0 saturated heterocycles. The molecule has 0 radical (unpaired) electrons. The Morgan fingerprint density at radius 1 is 1.19 bits per heavy atom. The standard InChI is InChI=1S/C13H14FN3O3S/c14-12-2-1-3-13(16-12)17-21(18,19)9-8-20-11-6-4-10(15)5-7-11/h1-7H,8-9,15H2,(H,16,17). The molecule has 0 saturated carbocycles. The van der Waals surface area contributed by atoms with Crippen molar-refractivity contribution < 1.29 is 17.5 Å². The number of hydrogen-bond acceptors (Lipinski definition) is 5. The van der Waals surface area contributed by atoms with Gasteiger partial charge in [-0.15, -0.1) is 0 Å². The number of benzene rings is 1. The van der Waals surface area contributed by atoms with Crippen LogP contribution >= 0.6 is 0 Å². The van der Waals surface area contributed by atoms with Crippen LogP contribution in [-0.4, -0.2) is 25.8 Å². The molecule has 0 aliphatic carbocycles. The number of aromatic nitrogens is 1. The summed E-state index contributed by atoms with van der Waals surface area (Å²) in [6.45, 7) is -0.0471. The minimum absolute atomic E-state index is 0.0471. The van der Waals surface area contributed by atoms with Gasteiger partial charge < -0.3 is 10.5 Å². The van der Waals surface area contributed by atoms with E-state index in [9.17, 15) is 12.8 Å². The second kappa shape index (κ2) is 6.40. The quantitative estimate of drug-likeness (QED) is 0.624. The van der Waals surface area contributed by atoms with E-state index >= 15 is 0 Å². The predicted octanol–water partition coefficient (Wildman–Crippen LogP) is 1.62. The number of halogens is 1. The number of ether oxygens (including phenoxy) is 1. The molecule has 8 heteroatoms. The predicted molar refractivity (Wildman–Crippen MR) is 78.0 cm³/mol. The molecule has 21 heavy (non-hydrogen) atoms. The smallest absolute Gasteiger partial charge is 0.237 e. The van der Waals surface area contributed by atoms with Crippen molar-refractivity contribution in [3.05, 3.63) is 48.4 Å². The second-order valence-corrected chi connectivity index (χ2v) is 6.03. The van der Waals surface area contributed by atoms with Crippen LogP contribution in [0, 0.1) is 5.95 Å². The molecular formula is C13H14FN3O3S. The zero-order valence-electron chi connectivity index (χ0n) is 11.0. The molecule has 6 nitrogen and oxygen atoms in total. The van der Waals surface area contributed by atoms with Crippen LogP contribution in [0.3, 0.4) is 0 Å². The van der Waals surface area contributed by atoms with Crippen LogP contribution in [0.4, 0.5) is 15.9 Å². The van der Waals surface area contributed by atoms with Crippen molar-refractivity contribution in [3.8, 4) is 5.75 Å². The van der Waals surface area contributed by atoms with E-state index in [0.29, 0.717) is 11.4 Å². The molecule has 0 spiro atoms. The summed E-state index contributed by atoms with van der Waals surface area (Å²) >= 11 is 0. The van der Waals surface area contributed by atoms with Crippen LogP contribution in [-0.2, 0) is 10.0 Å². The van der Waals surface area contributed by atoms with Gasteiger partial charge in [-0.3, -0.25) is 4.72 Å². The van der Waals surface area contributed by atoms with Gasteiger partial charge in [-0.2, -0.15) is 4.39 Å². The summed E-state index contributed by atoms with van der Waals surface area (Å²) in [6.07, 6.45) is 0. The number of rotatable bonds is 6. The van der Waals surface area contributed by atoms with Crippen molar-refractivity contribution >= 4 is 21.5 Å². The van der Waals surface area contributed by atoms with Crippen LogP contribution in [0.1, 0.15) is 0 Å². The molecule has 0 amide bonds. The Morgan fingerprint density at radius 3 is 2.57 bits per heavy atom. The normalized spacial score (nSPS) is 11.1. The van der Waals surface area contributed by atoms with Crippen LogP contribution in [0.2, 0.25) is 0 Å². The molecule has 2 rings (SSSR count). The van der Waals surface area contributed by atoms with Crippen molar-refractivity contribution in [3.63, 3.8) is 0 Å². The molecule has 0 atom stereocenters. The zero-order chi connectivity index (χ0) is 15.3. The number of nitrogen functional groups attached to an aromatic ring is 1. The first-order valence-electron chi connectivity index (χ1n) is 6.06. The van der Waals surface area contributed by atoms with Crippen molar-refractivity contribution in [2.24, 2.45) is 0 Å². The summed E-state index contributed by atoms with van der Waals surface area (Å²) in [5.41, 5.74) is 6.12. The van der Waals surface area contributed by atoms with Gasteiger partial charge in [0, 0.05) is 5.69 Å². The van der Waals surface area contributed by atoms with Crippen molar-refractivity contribution in [2.75, 3.05) is 22.8 Å². The van der Waals surface area contributed by atoms with Crippen molar-refractivity contribution in [1.29, 1.82) is 0 Å². The lowest BCUT2D eigenvalue weighted by molar-refractivity contribution is 0.341. The topological polar surface area (TPSA) is 94.3 Å². The van der Waals surface area contributed by atoms with Gasteiger partial charge in [-0.05, 0) is 36.4 Å². The number of nitrogens with zero attached hydrogens (tertiary/aromatic N) is 1. The Labute approximate surface area is 121 Å². The number of nitrogens with two attached hydrogens (primary N) is 1. The van der Waals surface area contributed by atoms with E-state index < -0.39 is 16.0 Å². The fourth-order valence-electron chi connectivity index (χ4n) is 1.51. The average molecular weight is 311 g/mol. The third-order valence-electron chi connectivity index (χ3n) is 2.48. The molecule has 0 aliphatic heterocycles. The number of sulfonamides is 1. The molecular weight excluding hydrogens is 297 g/mol. The molecule has 112 valence electrons. The molecule has 1 aromatic carbocycles. The van der Waals surface area contributed by atoms with Gasteiger partial charge in [0.15, 0.2) is 0 Å². The first-order chi connectivity index (χ1) is 9.94. The van der Waals surface area contributed by atoms with Gasteiger partial charge in [-0.25, -0.2) is 13.4 Å². The second-order valence-electron chi connectivity index (χ2n) is 4.18. The van der Waals surface area contributed by atoms with E-state index in [-0.39, 0.29) is 18.2 Å². The van der Waals surface area contributed by atoms with E-state index in [0.717, 1.165) is 6.07 Å². The van der Waals surface area contributed by atoms with Crippen LogP contribution in [0.15, 0.2) is 42.5 Å². The fourth-order valence-corrected chi connectivity index (χ4v) is 2.35. The highest BCUT2D eigenvalue weighted by Gasteiger charge is 2.12. The first kappa shape index (κ1) is 15.0. The lowest BCUT2D eigenvalue weighted by Crippen LogP contribution is -2.22. The molecule has 0 bridgehead atoms. The molecule has 1 heterocycles. The summed E-state index contributed by atoms with van der Waals surface area (Å²) < 4.78 is 43.9. The van der Waals surface area contributed by atoms with Crippen LogP contribution in [0.5, 0.6) is 5.75 Å². The largest absolute Gasteiger partial charge is 0.492 e. The van der Waals surface area contributed by atoms with Gasteiger partial charge in [-0.1, -0.05) is 6.07 Å². The summed E-state index contributed by atoms with van der Waals surface area (Å²) in [5.74, 6) is -0.589. The molecule has 0 unspecified atom stereocenters. The molecule has 0 aliphatic rings. The summed E-state index contributed by atoms with van der Waals surface area (Å²) in [5, 5.41) is 0. The minimum Gasteiger partial charge on any atom is -0.492 e. The van der Waals surface area contributed by atoms with E-state index in [1.54, 1.807) is 24.3 Å². The average Bonchev–Trinajstić information content (AvgIpc) is 2.40. The monoisotopic (exact) mass is 311 g/mol. The lowest BCUT2D eigenvalue weighted by Gasteiger charge is -2.09. The Kier molecular flexibility index (Phi) is 4.59. The molecule has 0 fully saturated rings. The Morgan fingerprint density at radius 2 is 1.90 bits per heavy atom. The Balaban J connectivity index is 1.88. The Bertz CT molecular complexity index is 705. The lowest BCUT2D eigenvalue weighted by atomic mass is 10.3. The number of anilines is 2. The highest BCUT2D eigenvalue weighted by atomic mass is 32.2. The zero-order valence-corrected chi connectivity index (χ0v) is 11.8. The van der Waals surface area contributed by atoms with E-state index in [1.807, 2.05) is 0 Å². The number of pyridine rings is 1. The van der Waals surface area contributed by atoms with Gasteiger partial charge in [0.2, 0.25) is 16.0 Å². The highest BCUT2D eigenvalue weighted by molar-refractivity contribution is 7.92. The summed E-state index contributed by atoms with van der Waals surface area (Å²) in [6, 6.07) is 10.4. The third-order valence-corrected chi connectivity index (χ3v) is 3.70.